The second-order valence-electron chi connectivity index (χ2n) is 9.93. The number of methoxy groups -OCH3 is 1. The van der Waals surface area contributed by atoms with E-state index >= 15 is 0 Å². The van der Waals surface area contributed by atoms with E-state index in [0.29, 0.717) is 44.0 Å². The Bertz CT molecular complexity index is 2020. The van der Waals surface area contributed by atoms with Gasteiger partial charge in [-0.25, -0.2) is 9.79 Å². The number of allylic oxidation sites excluding steroid dienone is 1. The van der Waals surface area contributed by atoms with Crippen LogP contribution in [0.1, 0.15) is 36.6 Å². The minimum absolute atomic E-state index is 0.167. The summed E-state index contributed by atoms with van der Waals surface area (Å²) < 4.78 is 14.0. The number of halogens is 2. The molecule has 2 aliphatic heterocycles. The highest BCUT2D eigenvalue weighted by Crippen LogP contribution is 2.39. The van der Waals surface area contributed by atoms with Crippen molar-refractivity contribution in [1.82, 2.24) is 4.57 Å². The molecule has 218 valence electrons. The average molecular weight is 723 g/mol. The zero-order valence-electron chi connectivity index (χ0n) is 23.4. The quantitative estimate of drug-likeness (QED) is 0.254. The van der Waals surface area contributed by atoms with Gasteiger partial charge in [0.15, 0.2) is 4.80 Å². The summed E-state index contributed by atoms with van der Waals surface area (Å²) >= 11 is 8.22. The third-order valence-electron chi connectivity index (χ3n) is 7.37. The van der Waals surface area contributed by atoms with E-state index in [-0.39, 0.29) is 22.6 Å². The van der Waals surface area contributed by atoms with E-state index in [1.54, 1.807) is 31.9 Å². The predicted octanol–water partition coefficient (Wildman–Crippen LogP) is 5.25. The molecule has 43 heavy (non-hydrogen) atoms. The fraction of sp³-hybridized carbons (Fsp3) is 0.188. The lowest BCUT2D eigenvalue weighted by molar-refractivity contribution is -0.139. The first-order valence-corrected chi connectivity index (χ1v) is 15.8. The second kappa shape index (κ2) is 11.7. The van der Waals surface area contributed by atoms with Gasteiger partial charge in [0.25, 0.3) is 11.5 Å². The molecule has 3 heterocycles. The molecule has 8 nitrogen and oxygen atoms in total. The lowest BCUT2D eigenvalue weighted by atomic mass is 9.96. The molecule has 0 saturated carbocycles. The number of amides is 1. The Morgan fingerprint density at radius 1 is 1.05 bits per heavy atom. The average Bonchev–Trinajstić information content (AvgIpc) is 3.44. The van der Waals surface area contributed by atoms with Gasteiger partial charge in [0.1, 0.15) is 10.3 Å². The van der Waals surface area contributed by atoms with Crippen molar-refractivity contribution < 1.29 is 19.1 Å². The van der Waals surface area contributed by atoms with Gasteiger partial charge in [-0.2, -0.15) is 0 Å². The number of rotatable bonds is 6. The van der Waals surface area contributed by atoms with Crippen molar-refractivity contribution in [3.05, 3.63) is 123 Å². The van der Waals surface area contributed by atoms with Gasteiger partial charge in [0.05, 0.1) is 53.3 Å². The topological polar surface area (TPSA) is 90.2 Å². The van der Waals surface area contributed by atoms with Crippen LogP contribution in [0.5, 0.6) is 5.75 Å². The first-order chi connectivity index (χ1) is 20.7. The van der Waals surface area contributed by atoms with Crippen molar-refractivity contribution in [3.8, 4) is 5.75 Å². The van der Waals surface area contributed by atoms with Crippen LogP contribution < -0.4 is 24.5 Å². The van der Waals surface area contributed by atoms with Crippen LogP contribution >= 0.6 is 43.2 Å². The standard InChI is InChI=1S/C32H25Br2N3O5S/c1-4-42-31(40)25-17(2)35-32-37(27(25)19-10-13-24(41-3)22(34)14-19)30(39)28(43-32)26-21-15-20(33)11-12-23(21)36(29(26)38)16-18-8-6-5-7-9-18/h5-15,27H,4,16H2,1-3H3/b28-26-/t27-/m1/s1. The smallest absolute Gasteiger partial charge is 0.338 e. The molecule has 1 aromatic heterocycles. The van der Waals surface area contributed by atoms with Crippen LogP contribution in [-0.2, 0) is 20.9 Å². The third-order valence-corrected chi connectivity index (χ3v) is 9.54. The minimum Gasteiger partial charge on any atom is -0.496 e. The van der Waals surface area contributed by atoms with Gasteiger partial charge in [-0.1, -0.05) is 63.7 Å². The van der Waals surface area contributed by atoms with Crippen LogP contribution in [-0.4, -0.2) is 30.2 Å². The Morgan fingerprint density at radius 2 is 1.81 bits per heavy atom. The molecule has 6 rings (SSSR count). The first kappa shape index (κ1) is 29.3. The number of hydrogen-bond donors (Lipinski definition) is 0. The molecule has 1 atom stereocenters. The zero-order valence-corrected chi connectivity index (χ0v) is 27.4. The molecule has 0 unspecified atom stereocenters. The molecule has 3 aromatic carbocycles. The minimum atomic E-state index is -0.828. The van der Waals surface area contributed by atoms with Gasteiger partial charge in [-0.3, -0.25) is 14.2 Å². The predicted molar refractivity (Wildman–Crippen MR) is 172 cm³/mol. The van der Waals surface area contributed by atoms with E-state index in [9.17, 15) is 14.4 Å². The summed E-state index contributed by atoms with van der Waals surface area (Å²) in [7, 11) is 1.56. The van der Waals surface area contributed by atoms with Gasteiger partial charge in [-0.05, 0) is 71.2 Å². The maximum Gasteiger partial charge on any atom is 0.338 e. The van der Waals surface area contributed by atoms with Gasteiger partial charge in [0.2, 0.25) is 0 Å². The molecule has 1 amide bonds. The molecule has 0 aliphatic carbocycles. The highest BCUT2D eigenvalue weighted by Gasteiger charge is 2.37. The van der Waals surface area contributed by atoms with Crippen molar-refractivity contribution in [2.45, 2.75) is 26.4 Å². The van der Waals surface area contributed by atoms with Crippen molar-refractivity contribution in [3.63, 3.8) is 0 Å². The van der Waals surface area contributed by atoms with Crippen LogP contribution in [0, 0.1) is 0 Å². The Labute approximate surface area is 267 Å². The van der Waals surface area contributed by atoms with Crippen LogP contribution in [0.3, 0.4) is 0 Å². The van der Waals surface area contributed by atoms with Crippen molar-refractivity contribution in [1.29, 1.82) is 0 Å². The van der Waals surface area contributed by atoms with Gasteiger partial charge in [0, 0.05) is 10.0 Å². The molecule has 2 aliphatic rings. The molecule has 0 saturated heterocycles. The van der Waals surface area contributed by atoms with Crippen molar-refractivity contribution in [2.75, 3.05) is 18.6 Å². The number of anilines is 1. The third kappa shape index (κ3) is 5.09. The molecule has 0 N–H and O–H groups in total. The second-order valence-corrected chi connectivity index (χ2v) is 12.7. The Kier molecular flexibility index (Phi) is 7.97. The number of aromatic nitrogens is 1. The molecule has 0 spiro atoms. The Morgan fingerprint density at radius 3 is 2.51 bits per heavy atom. The van der Waals surface area contributed by atoms with Crippen molar-refractivity contribution in [2.24, 2.45) is 4.99 Å². The number of hydrogen-bond acceptors (Lipinski definition) is 7. The monoisotopic (exact) mass is 721 g/mol. The normalized spacial score (nSPS) is 17.0. The van der Waals surface area contributed by atoms with Crippen LogP contribution in [0.25, 0.3) is 5.57 Å². The summed E-state index contributed by atoms with van der Waals surface area (Å²) in [6.45, 7) is 3.98. The van der Waals surface area contributed by atoms with Crippen LogP contribution in [0.15, 0.2) is 96.7 Å². The van der Waals surface area contributed by atoms with Crippen molar-refractivity contribution >= 4 is 66.3 Å². The fourth-order valence-corrected chi connectivity index (χ4v) is 7.51. The number of esters is 1. The lowest BCUT2D eigenvalue weighted by Gasteiger charge is -2.25. The van der Waals surface area contributed by atoms with E-state index in [4.69, 9.17) is 9.47 Å². The van der Waals surface area contributed by atoms with Gasteiger partial charge < -0.3 is 14.4 Å². The summed E-state index contributed by atoms with van der Waals surface area (Å²) in [6, 6.07) is 19.9. The maximum absolute atomic E-state index is 14.4. The van der Waals surface area contributed by atoms with Gasteiger partial charge >= 0.3 is 5.97 Å². The molecule has 4 aromatic rings. The van der Waals surface area contributed by atoms with Crippen LogP contribution in [0.4, 0.5) is 5.69 Å². The molecule has 0 radical (unpaired) electrons. The largest absolute Gasteiger partial charge is 0.496 e. The van der Waals surface area contributed by atoms with Gasteiger partial charge in [-0.15, -0.1) is 0 Å². The summed E-state index contributed by atoms with van der Waals surface area (Å²) in [4.78, 5) is 48.6. The summed E-state index contributed by atoms with van der Waals surface area (Å²) in [5, 5.41) is 0. The van der Waals surface area contributed by atoms with E-state index < -0.39 is 17.6 Å². The summed E-state index contributed by atoms with van der Waals surface area (Å²) in [6.07, 6.45) is 0. The van der Waals surface area contributed by atoms with E-state index in [0.717, 1.165) is 27.1 Å². The number of fused-ring (bicyclic) bond motifs is 2. The Balaban J connectivity index is 1.60. The van der Waals surface area contributed by atoms with Crippen LogP contribution in [0.2, 0.25) is 0 Å². The van der Waals surface area contributed by atoms with E-state index in [1.807, 2.05) is 60.7 Å². The molecule has 0 fully saturated rings. The highest BCUT2D eigenvalue weighted by molar-refractivity contribution is 9.10. The number of ether oxygens (including phenoxy) is 2. The number of carbonyl (C=O) groups is 2. The number of carbonyl (C=O) groups excluding carboxylic acids is 2. The SMILES string of the molecule is CCOC(=O)C1=C(C)N=c2s/c(=C3\C(=O)N(Cc4ccccc4)c4ccc(Br)cc43)c(=O)n2[C@@H]1c1ccc(OC)c(Br)c1. The number of benzene rings is 3. The lowest BCUT2D eigenvalue weighted by Crippen LogP contribution is -2.41. The van der Waals surface area contributed by atoms with E-state index in [1.165, 1.54) is 4.57 Å². The zero-order chi connectivity index (χ0) is 30.4. The summed E-state index contributed by atoms with van der Waals surface area (Å²) in [5.74, 6) is -0.222. The molecule has 0 bridgehead atoms. The molecular formula is C32H25Br2N3O5S. The summed E-state index contributed by atoms with van der Waals surface area (Å²) in [5.41, 5.74) is 3.61. The Hall–Kier alpha value is -3.80. The maximum atomic E-state index is 14.4. The van der Waals surface area contributed by atoms with E-state index in [2.05, 4.69) is 36.9 Å². The number of nitrogens with zero attached hydrogens (tertiary/aromatic N) is 3. The molecule has 11 heteroatoms. The first-order valence-electron chi connectivity index (χ1n) is 13.4. The highest BCUT2D eigenvalue weighted by atomic mass is 79.9. The molecular weight excluding hydrogens is 698 g/mol. The number of thiazole rings is 1. The fourth-order valence-electron chi connectivity index (χ4n) is 5.46.